The minimum absolute atomic E-state index is 0.104. The Labute approximate surface area is 156 Å². The maximum atomic E-state index is 12.5. The summed E-state index contributed by atoms with van der Waals surface area (Å²) in [5.74, 6) is -0.374. The van der Waals surface area contributed by atoms with Gasteiger partial charge in [-0.3, -0.25) is 9.89 Å². The van der Waals surface area contributed by atoms with E-state index in [-0.39, 0.29) is 17.6 Å². The summed E-state index contributed by atoms with van der Waals surface area (Å²) in [5.41, 5.74) is 3.16. The van der Waals surface area contributed by atoms with Crippen LogP contribution in [0.2, 0.25) is 0 Å². The highest BCUT2D eigenvalue weighted by atomic mass is 16.7. The van der Waals surface area contributed by atoms with Crippen LogP contribution in [0.5, 0.6) is 0 Å². The minimum Gasteiger partial charge on any atom is -0.363 e. The lowest BCUT2D eigenvalue weighted by Gasteiger charge is -2.32. The third-order valence-corrected chi connectivity index (χ3v) is 5.13. The molecule has 140 valence electrons. The van der Waals surface area contributed by atoms with Crippen molar-refractivity contribution in [2.75, 3.05) is 6.54 Å². The van der Waals surface area contributed by atoms with Crippen molar-refractivity contribution in [1.29, 1.82) is 0 Å². The lowest BCUT2D eigenvalue weighted by molar-refractivity contribution is -0.153. The van der Waals surface area contributed by atoms with Gasteiger partial charge in [-0.15, -0.1) is 5.06 Å². The van der Waals surface area contributed by atoms with Gasteiger partial charge >= 0.3 is 5.97 Å². The van der Waals surface area contributed by atoms with E-state index in [1.54, 1.807) is 24.1 Å². The van der Waals surface area contributed by atoms with E-state index in [4.69, 9.17) is 4.84 Å². The molecule has 1 aromatic carbocycles. The highest BCUT2D eigenvalue weighted by Crippen LogP contribution is 2.31. The minimum atomic E-state index is -0.374. The SMILES string of the molecule is Cc1nc2cc(C3CCCCN3OC(=O)c3ccccc3)[nH]n2c(=O)c1C. The standard InChI is InChI=1S/C20H22N4O3/c1-13-14(2)21-18-12-16(22-24(18)19(13)25)17-10-6-7-11-23(17)27-20(26)15-8-4-3-5-9-15/h3-5,8-9,12,17,22H,6-7,10-11H2,1-2H3. The molecular formula is C20H22N4O3. The number of H-pyrrole nitrogens is 1. The first-order valence-corrected chi connectivity index (χ1v) is 9.17. The van der Waals surface area contributed by atoms with Gasteiger partial charge in [0, 0.05) is 23.9 Å². The molecule has 0 aliphatic carbocycles. The zero-order valence-corrected chi connectivity index (χ0v) is 15.4. The van der Waals surface area contributed by atoms with Gasteiger partial charge in [0.25, 0.3) is 5.56 Å². The number of nitrogens with zero attached hydrogens (tertiary/aromatic N) is 3. The number of hydrogen-bond acceptors (Lipinski definition) is 5. The average molecular weight is 366 g/mol. The second-order valence-corrected chi connectivity index (χ2v) is 6.93. The highest BCUT2D eigenvalue weighted by Gasteiger charge is 2.29. The van der Waals surface area contributed by atoms with Crippen LogP contribution in [0.4, 0.5) is 0 Å². The molecule has 1 unspecified atom stereocenters. The molecule has 1 saturated heterocycles. The Morgan fingerprint density at radius 1 is 1.22 bits per heavy atom. The number of carbonyl (C=O) groups is 1. The molecular weight excluding hydrogens is 344 g/mol. The van der Waals surface area contributed by atoms with Crippen LogP contribution in [0, 0.1) is 13.8 Å². The summed E-state index contributed by atoms with van der Waals surface area (Å²) >= 11 is 0. The predicted octanol–water partition coefficient (Wildman–Crippen LogP) is 2.94. The van der Waals surface area contributed by atoms with E-state index in [0.717, 1.165) is 30.7 Å². The number of nitrogens with one attached hydrogen (secondary N) is 1. The van der Waals surface area contributed by atoms with Crippen molar-refractivity contribution in [3.8, 4) is 0 Å². The first kappa shape index (κ1) is 17.5. The maximum Gasteiger partial charge on any atom is 0.357 e. The fourth-order valence-electron chi connectivity index (χ4n) is 3.47. The number of benzene rings is 1. The van der Waals surface area contributed by atoms with E-state index in [1.165, 1.54) is 4.52 Å². The normalized spacial score (nSPS) is 17.9. The number of piperidine rings is 1. The molecule has 2 aromatic heterocycles. The van der Waals surface area contributed by atoms with E-state index in [9.17, 15) is 9.59 Å². The monoisotopic (exact) mass is 366 g/mol. The highest BCUT2D eigenvalue weighted by molar-refractivity contribution is 5.89. The van der Waals surface area contributed by atoms with Crippen molar-refractivity contribution in [3.63, 3.8) is 0 Å². The lowest BCUT2D eigenvalue weighted by Crippen LogP contribution is -2.36. The average Bonchev–Trinajstić information content (AvgIpc) is 3.11. The molecule has 1 aliphatic heterocycles. The Morgan fingerprint density at radius 2 is 2.00 bits per heavy atom. The topological polar surface area (TPSA) is 79.7 Å². The van der Waals surface area contributed by atoms with Crippen LogP contribution in [-0.4, -0.2) is 32.2 Å². The molecule has 3 heterocycles. The van der Waals surface area contributed by atoms with Gasteiger partial charge in [0.1, 0.15) is 0 Å². The molecule has 1 fully saturated rings. The second-order valence-electron chi connectivity index (χ2n) is 6.93. The zero-order chi connectivity index (χ0) is 19.0. The molecule has 0 saturated carbocycles. The summed E-state index contributed by atoms with van der Waals surface area (Å²) < 4.78 is 1.46. The number of aryl methyl sites for hydroxylation is 1. The summed E-state index contributed by atoms with van der Waals surface area (Å²) in [4.78, 5) is 35.1. The fourth-order valence-corrected chi connectivity index (χ4v) is 3.47. The Balaban J connectivity index is 1.65. The van der Waals surface area contributed by atoms with Gasteiger partial charge in [0.2, 0.25) is 0 Å². The Morgan fingerprint density at radius 3 is 2.78 bits per heavy atom. The maximum absolute atomic E-state index is 12.5. The van der Waals surface area contributed by atoms with Crippen LogP contribution >= 0.6 is 0 Å². The molecule has 27 heavy (non-hydrogen) atoms. The molecule has 0 spiro atoms. The van der Waals surface area contributed by atoms with Crippen LogP contribution in [0.15, 0.2) is 41.2 Å². The Hall–Kier alpha value is -2.93. The summed E-state index contributed by atoms with van der Waals surface area (Å²) in [7, 11) is 0. The van der Waals surface area contributed by atoms with Gasteiger partial charge in [-0.2, -0.15) is 0 Å². The fraction of sp³-hybridized carbons (Fsp3) is 0.350. The number of rotatable bonds is 3. The number of aromatic nitrogens is 3. The number of hydrogen-bond donors (Lipinski definition) is 1. The summed E-state index contributed by atoms with van der Waals surface area (Å²) in [5, 5.41) is 4.87. The van der Waals surface area contributed by atoms with E-state index in [0.29, 0.717) is 23.3 Å². The van der Waals surface area contributed by atoms with E-state index in [2.05, 4.69) is 10.1 Å². The van der Waals surface area contributed by atoms with Crippen LogP contribution in [0.1, 0.15) is 52.6 Å². The third-order valence-electron chi connectivity index (χ3n) is 5.13. The summed E-state index contributed by atoms with van der Waals surface area (Å²) in [6.45, 7) is 4.25. The van der Waals surface area contributed by atoms with Gasteiger partial charge in [-0.1, -0.05) is 18.2 Å². The molecule has 4 rings (SSSR count). The molecule has 0 bridgehead atoms. The first-order valence-electron chi connectivity index (χ1n) is 9.17. The largest absolute Gasteiger partial charge is 0.363 e. The number of hydroxylamine groups is 2. The van der Waals surface area contributed by atoms with Crippen molar-refractivity contribution in [1.82, 2.24) is 19.7 Å². The van der Waals surface area contributed by atoms with Crippen LogP contribution in [0.25, 0.3) is 5.65 Å². The Bertz CT molecular complexity index is 1040. The third kappa shape index (κ3) is 3.26. The number of carbonyl (C=O) groups excluding carboxylic acids is 1. The molecule has 1 atom stereocenters. The molecule has 1 N–H and O–H groups in total. The molecule has 3 aromatic rings. The van der Waals surface area contributed by atoms with E-state index in [1.807, 2.05) is 31.2 Å². The van der Waals surface area contributed by atoms with Crippen LogP contribution in [-0.2, 0) is 4.84 Å². The van der Waals surface area contributed by atoms with Crippen molar-refractivity contribution >= 4 is 11.6 Å². The number of fused-ring (bicyclic) bond motifs is 1. The van der Waals surface area contributed by atoms with Gasteiger partial charge in [0.15, 0.2) is 5.65 Å². The van der Waals surface area contributed by atoms with Gasteiger partial charge in [-0.05, 0) is 45.2 Å². The second kappa shape index (κ2) is 7.00. The van der Waals surface area contributed by atoms with Crippen molar-refractivity contribution in [2.24, 2.45) is 0 Å². The Kier molecular flexibility index (Phi) is 4.53. The summed E-state index contributed by atoms with van der Waals surface area (Å²) in [6, 6.07) is 10.7. The van der Waals surface area contributed by atoms with E-state index >= 15 is 0 Å². The van der Waals surface area contributed by atoms with Gasteiger partial charge in [-0.25, -0.2) is 14.3 Å². The molecule has 7 heteroatoms. The molecule has 1 aliphatic rings. The van der Waals surface area contributed by atoms with E-state index < -0.39 is 0 Å². The molecule has 7 nitrogen and oxygen atoms in total. The quantitative estimate of drug-likeness (QED) is 0.771. The molecule has 0 radical (unpaired) electrons. The van der Waals surface area contributed by atoms with Gasteiger partial charge < -0.3 is 4.84 Å². The first-order chi connectivity index (χ1) is 13.0. The van der Waals surface area contributed by atoms with Crippen molar-refractivity contribution in [2.45, 2.75) is 39.2 Å². The van der Waals surface area contributed by atoms with Crippen LogP contribution < -0.4 is 5.56 Å². The summed E-state index contributed by atoms with van der Waals surface area (Å²) in [6.07, 6.45) is 2.82. The van der Waals surface area contributed by atoms with Gasteiger partial charge in [0.05, 0.1) is 17.3 Å². The predicted molar refractivity (Wildman–Crippen MR) is 100 cm³/mol. The molecule has 0 amide bonds. The van der Waals surface area contributed by atoms with Crippen molar-refractivity contribution < 1.29 is 9.63 Å². The smallest absolute Gasteiger partial charge is 0.357 e. The van der Waals surface area contributed by atoms with Crippen molar-refractivity contribution in [3.05, 3.63) is 69.3 Å². The zero-order valence-electron chi connectivity index (χ0n) is 15.4. The number of aromatic amines is 1. The van der Waals surface area contributed by atoms with Crippen LogP contribution in [0.3, 0.4) is 0 Å². The lowest BCUT2D eigenvalue weighted by atomic mass is 10.0.